The van der Waals surface area contributed by atoms with Gasteiger partial charge in [0.05, 0.1) is 25.2 Å². The van der Waals surface area contributed by atoms with E-state index in [0.29, 0.717) is 17.9 Å². The number of hydrogen-bond acceptors (Lipinski definition) is 5. The summed E-state index contributed by atoms with van der Waals surface area (Å²) in [5.74, 6) is 0.243. The van der Waals surface area contributed by atoms with Crippen molar-refractivity contribution in [2.75, 3.05) is 37.0 Å². The molecule has 8 nitrogen and oxygen atoms in total. The van der Waals surface area contributed by atoms with Gasteiger partial charge in [-0.2, -0.15) is 0 Å². The Morgan fingerprint density at radius 1 is 1.26 bits per heavy atom. The van der Waals surface area contributed by atoms with E-state index in [9.17, 15) is 14.7 Å². The van der Waals surface area contributed by atoms with Crippen LogP contribution in [-0.2, 0) is 9.53 Å². The number of hydrogen-bond donors (Lipinski definition) is 2. The van der Waals surface area contributed by atoms with Gasteiger partial charge in [0, 0.05) is 37.1 Å². The van der Waals surface area contributed by atoms with Gasteiger partial charge in [-0.15, -0.1) is 0 Å². The van der Waals surface area contributed by atoms with Crippen LogP contribution in [0.2, 0.25) is 0 Å². The third kappa shape index (κ3) is 4.19. The maximum atomic E-state index is 13.5. The summed E-state index contributed by atoms with van der Waals surface area (Å²) in [6.07, 6.45) is 5.13. The third-order valence-electron chi connectivity index (χ3n) is 7.10. The molecule has 2 amide bonds. The molecule has 1 atom stereocenters. The summed E-state index contributed by atoms with van der Waals surface area (Å²) in [5.41, 5.74) is 1.37. The van der Waals surface area contributed by atoms with E-state index in [2.05, 4.69) is 24.7 Å². The number of benzene rings is 1. The lowest BCUT2D eigenvalue weighted by Crippen LogP contribution is -2.50. The number of aliphatic hydroxyl groups excluding tert-OH is 1. The number of carbonyl (C=O) groups excluding carboxylic acids is 2. The lowest BCUT2D eigenvalue weighted by molar-refractivity contribution is -0.139. The van der Waals surface area contributed by atoms with Gasteiger partial charge in [-0.1, -0.05) is 0 Å². The summed E-state index contributed by atoms with van der Waals surface area (Å²) in [5, 5.41) is 12.4. The normalized spacial score (nSPS) is 28.5. The largest absolute Gasteiger partial charge is 0.453 e. The molecule has 3 aliphatic rings. The molecule has 4 rings (SSSR count). The molecule has 0 bridgehead atoms. The number of rotatable bonds is 3. The summed E-state index contributed by atoms with van der Waals surface area (Å²) in [4.78, 5) is 32.9. The molecule has 166 valence electrons. The van der Waals surface area contributed by atoms with Crippen LogP contribution in [0, 0.1) is 12.0 Å². The Hall–Kier alpha value is -2.79. The smallest absolute Gasteiger partial charge is 0.411 e. The molecule has 31 heavy (non-hydrogen) atoms. The van der Waals surface area contributed by atoms with E-state index in [4.69, 9.17) is 6.57 Å². The summed E-state index contributed by atoms with van der Waals surface area (Å²) in [7, 11) is 1.30. The molecular formula is C23H30N4O4. The van der Waals surface area contributed by atoms with Gasteiger partial charge in [0.1, 0.15) is 0 Å². The number of piperidine rings is 1. The van der Waals surface area contributed by atoms with Crippen molar-refractivity contribution in [3.63, 3.8) is 0 Å². The second-order valence-corrected chi connectivity index (χ2v) is 8.95. The maximum absolute atomic E-state index is 13.5. The first-order valence-electron chi connectivity index (χ1n) is 11.1. The molecule has 2 heterocycles. The van der Waals surface area contributed by atoms with Gasteiger partial charge in [0.2, 0.25) is 11.6 Å². The lowest BCUT2D eigenvalue weighted by Gasteiger charge is -2.42. The lowest BCUT2D eigenvalue weighted by atomic mass is 9.78. The van der Waals surface area contributed by atoms with Gasteiger partial charge in [-0.25, -0.2) is 9.64 Å². The number of nitrogens with zero attached hydrogens (tertiary/aromatic N) is 3. The minimum atomic E-state index is -0.576. The highest BCUT2D eigenvalue weighted by molar-refractivity contribution is 5.89. The van der Waals surface area contributed by atoms with E-state index >= 15 is 0 Å². The van der Waals surface area contributed by atoms with Crippen LogP contribution in [0.3, 0.4) is 0 Å². The van der Waals surface area contributed by atoms with E-state index in [0.717, 1.165) is 63.7 Å². The zero-order chi connectivity index (χ0) is 22.0. The highest BCUT2D eigenvalue weighted by Gasteiger charge is 2.50. The fourth-order valence-corrected chi connectivity index (χ4v) is 5.41. The van der Waals surface area contributed by atoms with Gasteiger partial charge in [-0.05, 0) is 63.1 Å². The average Bonchev–Trinajstić information content (AvgIpc) is 3.09. The molecule has 0 aromatic heterocycles. The Morgan fingerprint density at radius 3 is 2.74 bits per heavy atom. The molecular weight excluding hydrogens is 396 g/mol. The van der Waals surface area contributed by atoms with E-state index < -0.39 is 11.5 Å². The number of nitrogens with one attached hydrogen (secondary N) is 1. The molecule has 0 radical (unpaired) electrons. The van der Waals surface area contributed by atoms with Crippen LogP contribution in [0.4, 0.5) is 21.9 Å². The van der Waals surface area contributed by atoms with Gasteiger partial charge in [0.25, 0.3) is 0 Å². The van der Waals surface area contributed by atoms with E-state index in [-0.39, 0.29) is 18.1 Å². The molecule has 1 aromatic carbocycles. The zero-order valence-corrected chi connectivity index (χ0v) is 18.0. The Labute approximate surface area is 183 Å². The molecule has 3 fully saturated rings. The third-order valence-corrected chi connectivity index (χ3v) is 7.10. The SMILES string of the molecule is [C-]#[N+]c1cc(NC(=O)OC)ccc1N1CCC[C@]2(CCN([C@H]3CC[C@H](O)CC3)C2=O)C1. The van der Waals surface area contributed by atoms with Gasteiger partial charge >= 0.3 is 6.09 Å². The Kier molecular flexibility index (Phi) is 6.05. The molecule has 1 aromatic rings. The first-order chi connectivity index (χ1) is 15.0. The van der Waals surface area contributed by atoms with Crippen LogP contribution in [0.25, 0.3) is 4.85 Å². The Bertz CT molecular complexity index is 890. The minimum absolute atomic E-state index is 0.225. The summed E-state index contributed by atoms with van der Waals surface area (Å²) in [6, 6.07) is 5.50. The second-order valence-electron chi connectivity index (χ2n) is 8.95. The van der Waals surface area contributed by atoms with Crippen molar-refractivity contribution in [3.05, 3.63) is 29.6 Å². The zero-order valence-electron chi connectivity index (χ0n) is 18.0. The van der Waals surface area contributed by atoms with Crippen molar-refractivity contribution in [2.45, 2.75) is 57.1 Å². The molecule has 1 spiro atoms. The van der Waals surface area contributed by atoms with Crippen LogP contribution in [-0.4, -0.2) is 60.9 Å². The number of anilines is 2. The van der Waals surface area contributed by atoms with Gasteiger partial charge in [-0.3, -0.25) is 10.1 Å². The number of amides is 2. The Balaban J connectivity index is 1.50. The van der Waals surface area contributed by atoms with Crippen molar-refractivity contribution in [2.24, 2.45) is 5.41 Å². The number of methoxy groups -OCH3 is 1. The van der Waals surface area contributed by atoms with E-state index in [1.165, 1.54) is 7.11 Å². The molecule has 1 aliphatic carbocycles. The standard InChI is InChI=1S/C23H30N4O4/c1-24-19-14-16(25-22(30)31-2)4-9-20(19)26-12-3-10-23(15-26)11-13-27(21(23)29)17-5-7-18(28)8-6-17/h4,9,14,17-18,28H,3,5-8,10-13,15H2,2H3,(H,25,30)/t17-,18-,23-/m0/s1. The average molecular weight is 427 g/mol. The highest BCUT2D eigenvalue weighted by atomic mass is 16.5. The van der Waals surface area contributed by atoms with Crippen molar-refractivity contribution < 1.29 is 19.4 Å². The minimum Gasteiger partial charge on any atom is -0.453 e. The fraction of sp³-hybridized carbons (Fsp3) is 0.609. The molecule has 2 aliphatic heterocycles. The first-order valence-corrected chi connectivity index (χ1v) is 11.1. The first kappa shape index (κ1) is 21.4. The summed E-state index contributed by atoms with van der Waals surface area (Å²) < 4.78 is 4.62. The maximum Gasteiger partial charge on any atom is 0.411 e. The molecule has 8 heteroatoms. The van der Waals surface area contributed by atoms with Crippen LogP contribution in [0.1, 0.15) is 44.9 Å². The molecule has 0 unspecified atom stereocenters. The van der Waals surface area contributed by atoms with Crippen LogP contribution >= 0.6 is 0 Å². The van der Waals surface area contributed by atoms with E-state index in [1.807, 2.05) is 6.07 Å². The molecule has 1 saturated carbocycles. The monoisotopic (exact) mass is 426 g/mol. The number of carbonyl (C=O) groups is 2. The molecule has 2 saturated heterocycles. The summed E-state index contributed by atoms with van der Waals surface area (Å²) >= 11 is 0. The quantitative estimate of drug-likeness (QED) is 0.722. The van der Waals surface area contributed by atoms with Crippen LogP contribution in [0.15, 0.2) is 18.2 Å². The fourth-order valence-electron chi connectivity index (χ4n) is 5.41. The van der Waals surface area contributed by atoms with Gasteiger partial charge in [0.15, 0.2) is 0 Å². The number of likely N-dealkylation sites (tertiary alicyclic amines) is 1. The topological polar surface area (TPSA) is 86.5 Å². The second kappa shape index (κ2) is 8.75. The van der Waals surface area contributed by atoms with Crippen molar-refractivity contribution in [1.82, 2.24) is 4.90 Å². The van der Waals surface area contributed by atoms with Gasteiger partial charge < -0.3 is 19.6 Å². The number of aliphatic hydroxyl groups is 1. The highest BCUT2D eigenvalue weighted by Crippen LogP contribution is 2.45. The van der Waals surface area contributed by atoms with Crippen molar-refractivity contribution >= 4 is 29.1 Å². The predicted octanol–water partition coefficient (Wildman–Crippen LogP) is 3.54. The molecule has 2 N–H and O–H groups in total. The van der Waals surface area contributed by atoms with Crippen LogP contribution in [0.5, 0.6) is 0 Å². The van der Waals surface area contributed by atoms with E-state index in [1.54, 1.807) is 12.1 Å². The van der Waals surface area contributed by atoms with Crippen molar-refractivity contribution in [3.8, 4) is 0 Å². The van der Waals surface area contributed by atoms with Crippen molar-refractivity contribution in [1.29, 1.82) is 0 Å². The predicted molar refractivity (Wildman–Crippen MR) is 117 cm³/mol. The summed E-state index contributed by atoms with van der Waals surface area (Å²) in [6.45, 7) is 9.81. The Morgan fingerprint density at radius 2 is 2.03 bits per heavy atom. The number of ether oxygens (including phenoxy) is 1. The van der Waals surface area contributed by atoms with Crippen LogP contribution < -0.4 is 10.2 Å².